The van der Waals surface area contributed by atoms with Crippen LogP contribution >= 0.6 is 0 Å². The van der Waals surface area contributed by atoms with Crippen LogP contribution in [0, 0.1) is 11.2 Å². The van der Waals surface area contributed by atoms with E-state index in [0.29, 0.717) is 30.9 Å². The van der Waals surface area contributed by atoms with Crippen molar-refractivity contribution >= 4 is 40.8 Å². The highest BCUT2D eigenvalue weighted by Gasteiger charge is 2.64. The summed E-state index contributed by atoms with van der Waals surface area (Å²) in [5.41, 5.74) is 0.993. The number of fused-ring (bicyclic) bond motifs is 4. The van der Waals surface area contributed by atoms with Crippen molar-refractivity contribution in [1.29, 1.82) is 0 Å². The quantitative estimate of drug-likeness (QED) is 0.661. The fourth-order valence-electron chi connectivity index (χ4n) is 5.70. The third-order valence-electron chi connectivity index (χ3n) is 7.55. The molecule has 3 aliphatic heterocycles. The summed E-state index contributed by atoms with van der Waals surface area (Å²) in [7, 11) is 2.76. The van der Waals surface area contributed by atoms with Gasteiger partial charge >= 0.3 is 6.03 Å². The molecule has 0 bridgehead atoms. The van der Waals surface area contributed by atoms with Gasteiger partial charge in [-0.05, 0) is 42.3 Å². The van der Waals surface area contributed by atoms with E-state index >= 15 is 0 Å². The van der Waals surface area contributed by atoms with E-state index < -0.39 is 29.3 Å². The van der Waals surface area contributed by atoms with E-state index in [4.69, 9.17) is 0 Å². The van der Waals surface area contributed by atoms with Gasteiger partial charge in [-0.15, -0.1) is 0 Å². The van der Waals surface area contributed by atoms with Crippen molar-refractivity contribution in [2.24, 2.45) is 5.41 Å². The minimum atomic E-state index is -1.58. The highest BCUT2D eigenvalue weighted by molar-refractivity contribution is 6.20. The molecule has 0 aliphatic carbocycles. The molecule has 5 rings (SSSR count). The molecule has 0 radical (unpaired) electrons. The normalized spacial score (nSPS) is 21.0. The van der Waals surface area contributed by atoms with Crippen molar-refractivity contribution in [3.63, 3.8) is 0 Å². The Morgan fingerprint density at radius 1 is 1.03 bits per heavy atom. The van der Waals surface area contributed by atoms with Gasteiger partial charge in [0, 0.05) is 51.5 Å². The molecule has 36 heavy (non-hydrogen) atoms. The van der Waals surface area contributed by atoms with Gasteiger partial charge in [-0.25, -0.2) is 9.18 Å². The molecule has 2 aromatic carbocycles. The molecule has 3 heterocycles. The highest BCUT2D eigenvalue weighted by Crippen LogP contribution is 2.47. The van der Waals surface area contributed by atoms with E-state index in [2.05, 4.69) is 5.32 Å². The van der Waals surface area contributed by atoms with E-state index in [0.717, 1.165) is 21.1 Å². The predicted molar refractivity (Wildman–Crippen MR) is 132 cm³/mol. The number of rotatable bonds is 3. The fraction of sp³-hybridized carbons (Fsp3) is 0.385. The molecule has 5 amide bonds. The number of hydrogen-bond donors (Lipinski definition) is 1. The Labute approximate surface area is 208 Å². The Bertz CT molecular complexity index is 1260. The van der Waals surface area contributed by atoms with Gasteiger partial charge in [0.2, 0.25) is 17.7 Å². The molecule has 1 unspecified atom stereocenters. The van der Waals surface area contributed by atoms with Crippen LogP contribution < -0.4 is 15.1 Å². The Hall–Kier alpha value is -3.95. The Morgan fingerprint density at radius 3 is 2.39 bits per heavy atom. The first-order valence-corrected chi connectivity index (χ1v) is 12.0. The average molecular weight is 494 g/mol. The second kappa shape index (κ2) is 8.61. The maximum Gasteiger partial charge on any atom is 0.332 e. The van der Waals surface area contributed by atoms with E-state index in [1.165, 1.54) is 20.2 Å². The first-order chi connectivity index (χ1) is 17.2. The van der Waals surface area contributed by atoms with Crippen LogP contribution in [0.25, 0.3) is 0 Å². The average Bonchev–Trinajstić information content (AvgIpc) is 2.89. The van der Waals surface area contributed by atoms with Crippen molar-refractivity contribution in [2.75, 3.05) is 48.8 Å². The number of benzene rings is 2. The van der Waals surface area contributed by atoms with Crippen LogP contribution in [0.15, 0.2) is 42.5 Å². The second-order valence-corrected chi connectivity index (χ2v) is 9.51. The Balaban J connectivity index is 1.63. The van der Waals surface area contributed by atoms with Crippen molar-refractivity contribution in [1.82, 2.24) is 9.80 Å². The molecule has 0 aromatic heterocycles. The summed E-state index contributed by atoms with van der Waals surface area (Å²) in [6.07, 6.45) is 0.375. The molecular formula is C26H28FN5O4. The smallest absolute Gasteiger partial charge is 0.332 e. The number of barbiturate groups is 1. The van der Waals surface area contributed by atoms with E-state index in [-0.39, 0.29) is 24.7 Å². The summed E-state index contributed by atoms with van der Waals surface area (Å²) in [5, 5.41) is 2.83. The van der Waals surface area contributed by atoms with Gasteiger partial charge in [-0.1, -0.05) is 19.1 Å². The van der Waals surface area contributed by atoms with Crippen molar-refractivity contribution in [3.05, 3.63) is 53.8 Å². The van der Waals surface area contributed by atoms with E-state index in [9.17, 15) is 23.6 Å². The number of carbonyl (C=O) groups excluding carboxylic acids is 4. The fourth-order valence-corrected chi connectivity index (χ4v) is 5.70. The number of imide groups is 2. The molecule has 1 atom stereocenters. The number of carbonyl (C=O) groups is 4. The summed E-state index contributed by atoms with van der Waals surface area (Å²) < 4.78 is 14.7. The molecule has 2 fully saturated rings. The maximum absolute atomic E-state index is 14.7. The van der Waals surface area contributed by atoms with Gasteiger partial charge < -0.3 is 15.1 Å². The van der Waals surface area contributed by atoms with Crippen LogP contribution in [0.1, 0.15) is 18.9 Å². The summed E-state index contributed by atoms with van der Waals surface area (Å²) in [5.74, 6) is -1.67. The van der Waals surface area contributed by atoms with Gasteiger partial charge in [0.15, 0.2) is 5.41 Å². The van der Waals surface area contributed by atoms with Gasteiger partial charge in [-0.2, -0.15) is 0 Å². The molecule has 188 valence electrons. The summed E-state index contributed by atoms with van der Waals surface area (Å²) in [4.78, 5) is 58.1. The minimum Gasteiger partial charge on any atom is -0.365 e. The lowest BCUT2D eigenvalue weighted by molar-refractivity contribution is -0.159. The number of anilines is 3. The number of piperazine rings is 1. The maximum atomic E-state index is 14.7. The molecule has 1 N–H and O–H groups in total. The number of urea groups is 1. The van der Waals surface area contributed by atoms with Gasteiger partial charge in [0.05, 0.1) is 11.7 Å². The highest BCUT2D eigenvalue weighted by atomic mass is 19.1. The zero-order valence-electron chi connectivity index (χ0n) is 20.5. The van der Waals surface area contributed by atoms with Crippen LogP contribution in [-0.4, -0.2) is 73.3 Å². The van der Waals surface area contributed by atoms with Crippen LogP contribution in [0.3, 0.4) is 0 Å². The Kier molecular flexibility index (Phi) is 5.69. The van der Waals surface area contributed by atoms with Crippen molar-refractivity contribution in [2.45, 2.75) is 25.8 Å². The van der Waals surface area contributed by atoms with Gasteiger partial charge in [-0.3, -0.25) is 24.2 Å². The number of para-hydroxylation sites is 1. The standard InChI is InChI=1S/C26H28FN5O4/c1-4-22(33)28-17-9-10-19-16(13-17)14-26(23(34)29(2)25(36)30(3)24(26)35)21-15-31(11-12-32(19)21)20-8-6-5-7-18(20)27/h5-10,13,21H,4,11-12,14-15H2,1-3H3,(H,28,33). The minimum absolute atomic E-state index is 0.0596. The topological polar surface area (TPSA) is 93.3 Å². The molecule has 3 aliphatic rings. The van der Waals surface area contributed by atoms with Crippen LogP contribution in [-0.2, 0) is 20.8 Å². The SMILES string of the molecule is CCC(=O)Nc1ccc2c(c1)CC1(C(=O)N(C)C(=O)N(C)C1=O)C1CN(c3ccccc3F)CCN21. The third-order valence-corrected chi connectivity index (χ3v) is 7.55. The molecule has 0 saturated carbocycles. The first kappa shape index (κ1) is 23.8. The summed E-state index contributed by atoms with van der Waals surface area (Å²) in [6, 6.07) is 10.6. The van der Waals surface area contributed by atoms with Crippen LogP contribution in [0.4, 0.5) is 26.2 Å². The van der Waals surface area contributed by atoms with Crippen LogP contribution in [0.2, 0.25) is 0 Å². The molecule has 1 spiro atoms. The van der Waals surface area contributed by atoms with Crippen molar-refractivity contribution in [3.8, 4) is 0 Å². The largest absolute Gasteiger partial charge is 0.365 e. The molecule has 10 heteroatoms. The second-order valence-electron chi connectivity index (χ2n) is 9.51. The molecule has 2 aromatic rings. The number of nitrogens with one attached hydrogen (secondary N) is 1. The zero-order valence-corrected chi connectivity index (χ0v) is 20.5. The van der Waals surface area contributed by atoms with Gasteiger partial charge in [0.25, 0.3) is 0 Å². The summed E-state index contributed by atoms with van der Waals surface area (Å²) >= 11 is 0. The zero-order chi connectivity index (χ0) is 25.8. The third kappa shape index (κ3) is 3.42. The number of halogens is 1. The number of amides is 5. The molecule has 9 nitrogen and oxygen atoms in total. The molecule has 2 saturated heterocycles. The molecular weight excluding hydrogens is 465 g/mol. The van der Waals surface area contributed by atoms with E-state index in [1.807, 2.05) is 15.9 Å². The Morgan fingerprint density at radius 2 is 1.72 bits per heavy atom. The first-order valence-electron chi connectivity index (χ1n) is 12.0. The number of nitrogens with zero attached hydrogens (tertiary/aromatic N) is 4. The predicted octanol–water partition coefficient (Wildman–Crippen LogP) is 2.46. The lowest BCUT2D eigenvalue weighted by Crippen LogP contribution is -2.74. The number of hydrogen-bond acceptors (Lipinski definition) is 6. The van der Waals surface area contributed by atoms with E-state index in [1.54, 1.807) is 37.3 Å². The lowest BCUT2D eigenvalue weighted by Gasteiger charge is -2.56. The van der Waals surface area contributed by atoms with Crippen LogP contribution in [0.5, 0.6) is 0 Å². The lowest BCUT2D eigenvalue weighted by atomic mass is 9.67. The van der Waals surface area contributed by atoms with Crippen molar-refractivity contribution < 1.29 is 23.6 Å². The monoisotopic (exact) mass is 493 g/mol. The van der Waals surface area contributed by atoms with Gasteiger partial charge in [0.1, 0.15) is 5.82 Å². The summed E-state index contributed by atoms with van der Waals surface area (Å²) in [6.45, 7) is 2.90.